The Labute approximate surface area is 154 Å². The van der Waals surface area contributed by atoms with E-state index in [1.807, 2.05) is 29.8 Å². The molecule has 2 aromatic carbocycles. The van der Waals surface area contributed by atoms with Crippen LogP contribution in [0.1, 0.15) is 20.0 Å². The smallest absolute Gasteiger partial charge is 0.258 e. The van der Waals surface area contributed by atoms with Crippen LogP contribution in [0.4, 0.5) is 5.95 Å². The molecule has 0 spiro atoms. The number of fused-ring (bicyclic) bond motifs is 1. The van der Waals surface area contributed by atoms with E-state index in [0.717, 1.165) is 16.6 Å². The van der Waals surface area contributed by atoms with Crippen LogP contribution in [-0.4, -0.2) is 25.4 Å². The Morgan fingerprint density at radius 3 is 2.73 bits per heavy atom. The molecule has 1 amide bonds. The Bertz CT molecular complexity index is 1200. The van der Waals surface area contributed by atoms with Gasteiger partial charge in [-0.2, -0.15) is 0 Å². The number of amides is 1. The predicted octanol–water partition coefficient (Wildman–Crippen LogP) is 3.59. The van der Waals surface area contributed by atoms with Gasteiger partial charge in [0.25, 0.3) is 5.91 Å². The fourth-order valence-corrected chi connectivity index (χ4v) is 2.67. The van der Waals surface area contributed by atoms with E-state index in [2.05, 4.69) is 20.3 Å². The average Bonchev–Trinajstić information content (AvgIpc) is 3.13. The van der Waals surface area contributed by atoms with Crippen molar-refractivity contribution in [2.45, 2.75) is 6.85 Å². The second-order valence-corrected chi connectivity index (χ2v) is 5.89. The highest BCUT2D eigenvalue weighted by molar-refractivity contribution is 6.03. The molecular formula is C20H17N5O. The third-order valence-corrected chi connectivity index (χ3v) is 4.07. The normalized spacial score (nSPS) is 13.0. The maximum absolute atomic E-state index is 12.5. The zero-order valence-corrected chi connectivity index (χ0v) is 14.0. The summed E-state index contributed by atoms with van der Waals surface area (Å²) in [5.74, 6) is -0.242. The van der Waals surface area contributed by atoms with Crippen molar-refractivity contribution in [1.29, 1.82) is 0 Å². The van der Waals surface area contributed by atoms with Crippen LogP contribution in [0, 0.1) is 6.85 Å². The second-order valence-electron chi connectivity index (χ2n) is 5.89. The molecule has 6 heteroatoms. The summed E-state index contributed by atoms with van der Waals surface area (Å²) in [5, 5.41) is 3.50. The summed E-state index contributed by atoms with van der Waals surface area (Å²) in [6, 6.07) is 11.6. The first-order valence-corrected chi connectivity index (χ1v) is 7.97. The van der Waals surface area contributed by atoms with Gasteiger partial charge in [-0.15, -0.1) is 0 Å². The maximum atomic E-state index is 12.5. The quantitative estimate of drug-likeness (QED) is 0.615. The minimum absolute atomic E-state index is 0.171. The Morgan fingerprint density at radius 1 is 1.15 bits per heavy atom. The van der Waals surface area contributed by atoms with Gasteiger partial charge in [0.05, 0.1) is 23.7 Å². The highest BCUT2D eigenvalue weighted by Crippen LogP contribution is 2.23. The topological polar surface area (TPSA) is 72.7 Å². The number of rotatable bonds is 3. The Kier molecular flexibility index (Phi) is 3.14. The van der Waals surface area contributed by atoms with Gasteiger partial charge in [0.1, 0.15) is 0 Å². The molecule has 0 saturated heterocycles. The molecule has 0 bridgehead atoms. The number of imidazole rings is 1. The number of hydrogen-bond acceptors (Lipinski definition) is 4. The number of carbonyl (C=O) groups is 1. The van der Waals surface area contributed by atoms with Gasteiger partial charge in [0.15, 0.2) is 0 Å². The third kappa shape index (κ3) is 3.04. The highest BCUT2D eigenvalue weighted by Gasteiger charge is 2.09. The molecule has 0 aliphatic rings. The number of aromatic nitrogens is 4. The monoisotopic (exact) mass is 346 g/mol. The molecule has 0 saturated carbocycles. The minimum Gasteiger partial charge on any atom is -0.334 e. The minimum atomic E-state index is -2.21. The second kappa shape index (κ2) is 6.40. The first-order valence-electron chi connectivity index (χ1n) is 9.47. The number of benzene rings is 2. The van der Waals surface area contributed by atoms with Gasteiger partial charge in [-0.25, -0.2) is 15.0 Å². The van der Waals surface area contributed by atoms with Gasteiger partial charge in [-0.05, 0) is 25.1 Å². The lowest BCUT2D eigenvalue weighted by Gasteiger charge is -2.07. The standard InChI is InChI=1S/C20H17N5O/c1-13-3-5-14(6-4-13)19(26)24-20-22-10-16-8-7-15(9-17(16)23-20)18-11-21-12-25(18)2/h3-12H,1-2H3,(H,22,23,24,26)/i1D3. The van der Waals surface area contributed by atoms with Crippen LogP contribution in [0.3, 0.4) is 0 Å². The summed E-state index contributed by atoms with van der Waals surface area (Å²) < 4.78 is 24.1. The molecule has 4 rings (SSSR count). The molecule has 4 aromatic rings. The lowest BCUT2D eigenvalue weighted by molar-refractivity contribution is 0.102. The molecule has 0 unspecified atom stereocenters. The maximum Gasteiger partial charge on any atom is 0.258 e. The van der Waals surface area contributed by atoms with Crippen LogP contribution in [0.5, 0.6) is 0 Å². The molecule has 0 aliphatic heterocycles. The van der Waals surface area contributed by atoms with Crippen LogP contribution >= 0.6 is 0 Å². The van der Waals surface area contributed by atoms with E-state index in [0.29, 0.717) is 11.1 Å². The number of nitrogens with zero attached hydrogens (tertiary/aromatic N) is 4. The Balaban J connectivity index is 1.59. The van der Waals surface area contributed by atoms with Gasteiger partial charge in [0.2, 0.25) is 5.95 Å². The van der Waals surface area contributed by atoms with Crippen molar-refractivity contribution in [3.05, 3.63) is 72.3 Å². The van der Waals surface area contributed by atoms with Gasteiger partial charge in [-0.1, -0.05) is 29.8 Å². The fourth-order valence-electron chi connectivity index (χ4n) is 2.67. The third-order valence-electron chi connectivity index (χ3n) is 4.07. The Hall–Kier alpha value is -3.54. The van der Waals surface area contributed by atoms with E-state index in [9.17, 15) is 4.79 Å². The molecule has 2 aromatic heterocycles. The summed E-state index contributed by atoms with van der Waals surface area (Å²) in [7, 11) is 1.91. The molecule has 0 aliphatic carbocycles. The van der Waals surface area contributed by atoms with E-state index in [1.165, 1.54) is 24.3 Å². The van der Waals surface area contributed by atoms with E-state index < -0.39 is 12.8 Å². The van der Waals surface area contributed by atoms with E-state index in [-0.39, 0.29) is 11.5 Å². The zero-order chi connectivity index (χ0) is 20.6. The molecule has 2 heterocycles. The van der Waals surface area contributed by atoms with Crippen molar-refractivity contribution in [3.63, 3.8) is 0 Å². The fraction of sp³-hybridized carbons (Fsp3) is 0.100. The Morgan fingerprint density at radius 2 is 2.00 bits per heavy atom. The summed E-state index contributed by atoms with van der Waals surface area (Å²) in [6.45, 7) is -2.21. The van der Waals surface area contributed by atoms with Crippen LogP contribution in [0.15, 0.2) is 61.2 Å². The SMILES string of the molecule is [2H]C([2H])([2H])c1ccc(C(=O)Nc2ncc3ccc(-c4cncn4C)cc3n2)cc1. The van der Waals surface area contributed by atoms with Crippen molar-refractivity contribution < 1.29 is 8.91 Å². The van der Waals surface area contributed by atoms with E-state index >= 15 is 0 Å². The molecule has 128 valence electrons. The van der Waals surface area contributed by atoms with Gasteiger partial charge in [-0.3, -0.25) is 10.1 Å². The largest absolute Gasteiger partial charge is 0.334 e. The van der Waals surface area contributed by atoms with Gasteiger partial charge >= 0.3 is 0 Å². The number of aryl methyl sites for hydroxylation is 2. The molecular weight excluding hydrogens is 326 g/mol. The number of anilines is 1. The van der Waals surface area contributed by atoms with Gasteiger partial charge in [0, 0.05) is 33.9 Å². The number of carbonyl (C=O) groups excluding carboxylic acids is 1. The molecule has 6 nitrogen and oxygen atoms in total. The van der Waals surface area contributed by atoms with Crippen LogP contribution in [-0.2, 0) is 7.05 Å². The first-order chi connectivity index (χ1) is 13.8. The molecule has 0 fully saturated rings. The summed E-state index contributed by atoms with van der Waals surface area (Å²) in [4.78, 5) is 25.2. The molecule has 26 heavy (non-hydrogen) atoms. The lowest BCUT2D eigenvalue weighted by Crippen LogP contribution is -2.14. The van der Waals surface area contributed by atoms with Crippen molar-refractivity contribution >= 4 is 22.8 Å². The number of nitrogens with one attached hydrogen (secondary N) is 1. The molecule has 0 radical (unpaired) electrons. The van der Waals surface area contributed by atoms with Crippen molar-refractivity contribution in [2.24, 2.45) is 7.05 Å². The van der Waals surface area contributed by atoms with Crippen LogP contribution in [0.25, 0.3) is 22.2 Å². The number of hydrogen-bond donors (Lipinski definition) is 1. The van der Waals surface area contributed by atoms with E-state index in [4.69, 9.17) is 4.11 Å². The zero-order valence-electron chi connectivity index (χ0n) is 17.0. The van der Waals surface area contributed by atoms with Crippen molar-refractivity contribution in [3.8, 4) is 11.3 Å². The highest BCUT2D eigenvalue weighted by atomic mass is 16.1. The predicted molar refractivity (Wildman–Crippen MR) is 101 cm³/mol. The van der Waals surface area contributed by atoms with Crippen LogP contribution in [0.2, 0.25) is 0 Å². The lowest BCUT2D eigenvalue weighted by atomic mass is 10.1. The summed E-state index contributed by atoms with van der Waals surface area (Å²) in [6.07, 6.45) is 5.14. The summed E-state index contributed by atoms with van der Waals surface area (Å²) in [5.41, 5.74) is 3.09. The molecule has 1 N–H and O–H groups in total. The van der Waals surface area contributed by atoms with Crippen molar-refractivity contribution in [1.82, 2.24) is 19.5 Å². The summed E-state index contributed by atoms with van der Waals surface area (Å²) >= 11 is 0. The van der Waals surface area contributed by atoms with Crippen LogP contribution < -0.4 is 5.32 Å². The van der Waals surface area contributed by atoms with E-state index in [1.54, 1.807) is 18.7 Å². The first kappa shape index (κ1) is 12.8. The van der Waals surface area contributed by atoms with Crippen molar-refractivity contribution in [2.75, 3.05) is 5.32 Å². The molecule has 0 atom stereocenters. The average molecular weight is 346 g/mol. The van der Waals surface area contributed by atoms with Gasteiger partial charge < -0.3 is 4.57 Å².